The highest BCUT2D eigenvalue weighted by Gasteiger charge is 2.06. The van der Waals surface area contributed by atoms with E-state index in [1.54, 1.807) is 0 Å². The zero-order chi connectivity index (χ0) is 8.81. The second-order valence-corrected chi connectivity index (χ2v) is 3.04. The maximum atomic E-state index is 9.47. The van der Waals surface area contributed by atoms with Crippen molar-refractivity contribution in [2.24, 2.45) is 0 Å². The second kappa shape index (κ2) is 5.12. The first-order chi connectivity index (χ1) is 5.80. The van der Waals surface area contributed by atoms with Crippen LogP contribution >= 0.6 is 0 Å². The fraction of sp³-hybridized carbons (Fsp3) is 0.600. The lowest BCUT2D eigenvalue weighted by molar-refractivity contribution is 0.0941. The largest absolute Gasteiger partial charge is 0.388 e. The van der Waals surface area contributed by atoms with Crippen molar-refractivity contribution in [3.05, 3.63) is 24.3 Å². The standard InChI is InChI=1S/C10H16O2/c1-9-5-3-2-4-7-12-8-6-10(9)11/h3,5,10-11H,1-2,4,6-8H2/b5-3-. The Labute approximate surface area is 73.5 Å². The summed E-state index contributed by atoms with van der Waals surface area (Å²) in [5.41, 5.74) is 0.792. The van der Waals surface area contributed by atoms with Crippen LogP contribution in [0.5, 0.6) is 0 Å². The van der Waals surface area contributed by atoms with Crippen LogP contribution in [0.1, 0.15) is 19.3 Å². The van der Waals surface area contributed by atoms with Crippen LogP contribution in [0.3, 0.4) is 0 Å². The van der Waals surface area contributed by atoms with E-state index in [9.17, 15) is 5.11 Å². The Hall–Kier alpha value is -0.600. The molecule has 0 aromatic rings. The van der Waals surface area contributed by atoms with Crippen LogP contribution in [0.15, 0.2) is 24.3 Å². The molecule has 1 aliphatic rings. The molecule has 12 heavy (non-hydrogen) atoms. The minimum absolute atomic E-state index is 0.431. The molecule has 1 atom stereocenters. The Bertz CT molecular complexity index is 173. The zero-order valence-electron chi connectivity index (χ0n) is 7.33. The van der Waals surface area contributed by atoms with Crippen molar-refractivity contribution in [1.29, 1.82) is 0 Å². The molecule has 0 bridgehead atoms. The number of hydrogen-bond donors (Lipinski definition) is 1. The Morgan fingerprint density at radius 3 is 3.17 bits per heavy atom. The van der Waals surface area contributed by atoms with Crippen LogP contribution in [0.4, 0.5) is 0 Å². The summed E-state index contributed by atoms with van der Waals surface area (Å²) in [7, 11) is 0. The third-order valence-corrected chi connectivity index (χ3v) is 1.96. The molecule has 1 aliphatic heterocycles. The van der Waals surface area contributed by atoms with Gasteiger partial charge in [-0.2, -0.15) is 0 Å². The van der Waals surface area contributed by atoms with E-state index in [1.165, 1.54) is 0 Å². The topological polar surface area (TPSA) is 29.5 Å². The number of hydrogen-bond acceptors (Lipinski definition) is 2. The number of ether oxygens (including phenoxy) is 1. The molecule has 0 saturated heterocycles. The van der Waals surface area contributed by atoms with Gasteiger partial charge in [-0.1, -0.05) is 18.7 Å². The van der Waals surface area contributed by atoms with Crippen molar-refractivity contribution < 1.29 is 9.84 Å². The van der Waals surface area contributed by atoms with Crippen LogP contribution in [-0.2, 0) is 4.74 Å². The van der Waals surface area contributed by atoms with Crippen molar-refractivity contribution in [2.45, 2.75) is 25.4 Å². The van der Waals surface area contributed by atoms with Crippen LogP contribution in [0.25, 0.3) is 0 Å². The molecule has 1 rings (SSSR count). The first-order valence-corrected chi connectivity index (χ1v) is 4.42. The van der Waals surface area contributed by atoms with Gasteiger partial charge in [0, 0.05) is 19.6 Å². The van der Waals surface area contributed by atoms with E-state index in [1.807, 2.05) is 12.2 Å². The molecule has 0 spiro atoms. The van der Waals surface area contributed by atoms with Crippen molar-refractivity contribution in [1.82, 2.24) is 0 Å². The molecule has 1 heterocycles. The van der Waals surface area contributed by atoms with Gasteiger partial charge in [0.05, 0.1) is 6.10 Å². The molecular formula is C10H16O2. The molecule has 0 aliphatic carbocycles. The minimum Gasteiger partial charge on any atom is -0.388 e. The van der Waals surface area contributed by atoms with E-state index < -0.39 is 6.10 Å². The lowest BCUT2D eigenvalue weighted by Crippen LogP contribution is -2.12. The molecule has 68 valence electrons. The lowest BCUT2D eigenvalue weighted by Gasteiger charge is -2.12. The van der Waals surface area contributed by atoms with Gasteiger partial charge in [-0.25, -0.2) is 0 Å². The van der Waals surface area contributed by atoms with Gasteiger partial charge in [0.25, 0.3) is 0 Å². The van der Waals surface area contributed by atoms with Crippen LogP contribution in [0, 0.1) is 0 Å². The van der Waals surface area contributed by atoms with Crippen LogP contribution < -0.4 is 0 Å². The smallest absolute Gasteiger partial charge is 0.0806 e. The third kappa shape index (κ3) is 3.20. The quantitative estimate of drug-likeness (QED) is 0.596. The Morgan fingerprint density at radius 1 is 1.50 bits per heavy atom. The SMILES string of the molecule is C=C1/C=C\CCCOCCC1O. The Balaban J connectivity index is 2.45. The summed E-state index contributed by atoms with van der Waals surface area (Å²) < 4.78 is 5.29. The van der Waals surface area contributed by atoms with Gasteiger partial charge >= 0.3 is 0 Å². The summed E-state index contributed by atoms with van der Waals surface area (Å²) in [6.07, 6.45) is 6.24. The van der Waals surface area contributed by atoms with Gasteiger partial charge in [-0.15, -0.1) is 0 Å². The first kappa shape index (κ1) is 9.49. The predicted molar refractivity (Wildman–Crippen MR) is 49.0 cm³/mol. The highest BCUT2D eigenvalue weighted by molar-refractivity contribution is 5.18. The summed E-state index contributed by atoms with van der Waals surface area (Å²) in [5.74, 6) is 0. The van der Waals surface area contributed by atoms with E-state index in [0.29, 0.717) is 13.0 Å². The average molecular weight is 168 g/mol. The normalized spacial score (nSPS) is 29.8. The van der Waals surface area contributed by atoms with Gasteiger partial charge < -0.3 is 9.84 Å². The molecule has 2 heteroatoms. The maximum absolute atomic E-state index is 9.47. The van der Waals surface area contributed by atoms with Crippen molar-refractivity contribution in [3.63, 3.8) is 0 Å². The summed E-state index contributed by atoms with van der Waals surface area (Å²) in [5, 5.41) is 9.47. The van der Waals surface area contributed by atoms with E-state index in [4.69, 9.17) is 4.74 Å². The zero-order valence-corrected chi connectivity index (χ0v) is 7.33. The lowest BCUT2D eigenvalue weighted by atomic mass is 10.1. The fourth-order valence-electron chi connectivity index (χ4n) is 1.13. The van der Waals surface area contributed by atoms with Gasteiger partial charge in [0.2, 0.25) is 0 Å². The molecular weight excluding hydrogens is 152 g/mol. The number of allylic oxidation sites excluding steroid dienone is 1. The van der Waals surface area contributed by atoms with Crippen molar-refractivity contribution in [2.75, 3.05) is 13.2 Å². The highest BCUT2D eigenvalue weighted by atomic mass is 16.5. The predicted octanol–water partition coefficient (Wildman–Crippen LogP) is 1.66. The van der Waals surface area contributed by atoms with Crippen molar-refractivity contribution in [3.8, 4) is 0 Å². The monoisotopic (exact) mass is 168 g/mol. The molecule has 0 amide bonds. The van der Waals surface area contributed by atoms with Crippen molar-refractivity contribution >= 4 is 0 Å². The molecule has 0 aromatic carbocycles. The van der Waals surface area contributed by atoms with E-state index in [0.717, 1.165) is 25.0 Å². The second-order valence-electron chi connectivity index (χ2n) is 3.04. The Morgan fingerprint density at radius 2 is 2.33 bits per heavy atom. The number of rotatable bonds is 0. The molecule has 0 fully saturated rings. The number of aliphatic hydroxyl groups excluding tert-OH is 1. The van der Waals surface area contributed by atoms with E-state index in [2.05, 4.69) is 6.58 Å². The van der Waals surface area contributed by atoms with Crippen LogP contribution in [-0.4, -0.2) is 24.4 Å². The van der Waals surface area contributed by atoms with Crippen LogP contribution in [0.2, 0.25) is 0 Å². The summed E-state index contributed by atoms with van der Waals surface area (Å²) >= 11 is 0. The van der Waals surface area contributed by atoms with Gasteiger partial charge in [-0.3, -0.25) is 0 Å². The summed E-state index contributed by atoms with van der Waals surface area (Å²) in [6.45, 7) is 5.20. The van der Waals surface area contributed by atoms with Gasteiger partial charge in [0.15, 0.2) is 0 Å². The molecule has 0 saturated carbocycles. The minimum atomic E-state index is -0.431. The Kier molecular flexibility index (Phi) is 4.05. The van der Waals surface area contributed by atoms with E-state index in [-0.39, 0.29) is 0 Å². The average Bonchev–Trinajstić information content (AvgIpc) is 2.08. The molecule has 0 radical (unpaired) electrons. The molecule has 0 aromatic heterocycles. The molecule has 1 unspecified atom stereocenters. The third-order valence-electron chi connectivity index (χ3n) is 1.96. The maximum Gasteiger partial charge on any atom is 0.0806 e. The number of aliphatic hydroxyl groups is 1. The fourth-order valence-corrected chi connectivity index (χ4v) is 1.13. The van der Waals surface area contributed by atoms with Gasteiger partial charge in [0.1, 0.15) is 0 Å². The molecule has 1 N–H and O–H groups in total. The summed E-state index contributed by atoms with van der Waals surface area (Å²) in [4.78, 5) is 0. The van der Waals surface area contributed by atoms with E-state index >= 15 is 0 Å². The first-order valence-electron chi connectivity index (χ1n) is 4.42. The van der Waals surface area contributed by atoms with Gasteiger partial charge in [-0.05, 0) is 18.4 Å². The molecule has 2 nitrogen and oxygen atoms in total. The highest BCUT2D eigenvalue weighted by Crippen LogP contribution is 2.08. The summed E-state index contributed by atoms with van der Waals surface area (Å²) in [6, 6.07) is 0.